The second-order valence-electron chi connectivity index (χ2n) is 13.1. The maximum atomic E-state index is 14.3. The average Bonchev–Trinajstić information content (AvgIpc) is 3.46. The van der Waals surface area contributed by atoms with Gasteiger partial charge in [-0.25, -0.2) is 4.79 Å². The number of benzene rings is 5. The summed E-state index contributed by atoms with van der Waals surface area (Å²) in [6.07, 6.45) is 4.12. The zero-order valence-electron chi connectivity index (χ0n) is 30.8. The van der Waals surface area contributed by atoms with Gasteiger partial charge in [-0.2, -0.15) is 0 Å². The summed E-state index contributed by atoms with van der Waals surface area (Å²) in [5.74, 6) is 1.04. The fraction of sp³-hybridized carbons (Fsp3) is 0.205. The van der Waals surface area contributed by atoms with Gasteiger partial charge in [0.1, 0.15) is 11.5 Å². The first-order chi connectivity index (χ1) is 25.9. The van der Waals surface area contributed by atoms with E-state index in [-0.39, 0.29) is 0 Å². The number of esters is 1. The zero-order valence-corrected chi connectivity index (χ0v) is 37.2. The molecule has 278 valence electrons. The summed E-state index contributed by atoms with van der Waals surface area (Å²) >= 11 is 15.1. The van der Waals surface area contributed by atoms with Crippen LogP contribution in [0.1, 0.15) is 52.0 Å². The van der Waals surface area contributed by atoms with Gasteiger partial charge < -0.3 is 24.0 Å². The maximum absolute atomic E-state index is 14.3. The first-order valence-electron chi connectivity index (χ1n) is 17.5. The van der Waals surface area contributed by atoms with Gasteiger partial charge in [0.05, 0.1) is 30.2 Å². The van der Waals surface area contributed by atoms with E-state index in [0.29, 0.717) is 37.8 Å². The number of nitrogens with zero attached hydrogens (tertiary/aromatic N) is 2. The summed E-state index contributed by atoms with van der Waals surface area (Å²) in [6.45, 7) is 4.97. The lowest BCUT2D eigenvalue weighted by Gasteiger charge is -2.28. The summed E-state index contributed by atoms with van der Waals surface area (Å²) in [6, 6.07) is 32.7. The summed E-state index contributed by atoms with van der Waals surface area (Å²) < 4.78 is 21.8. The molecule has 5 aromatic rings. The minimum absolute atomic E-state index is 0.417. The third-order valence-electron chi connectivity index (χ3n) is 9.12. The third kappa shape index (κ3) is 7.81. The SMILES string of the molecule is CCOc1cc(/C(=C/C2(/C=C(\c3ccccc3)c3ccc(N(C)C)c(OCC)c3)OC(=O)c3c(Br)c(Br)c(Br)c(Br)c32)c2ccccc2)ccc1N(C)C. The van der Waals surface area contributed by atoms with Crippen molar-refractivity contribution in [3.8, 4) is 11.5 Å². The quantitative estimate of drug-likeness (QED) is 0.0705. The minimum Gasteiger partial charge on any atom is -0.492 e. The van der Waals surface area contributed by atoms with Crippen molar-refractivity contribution in [3.63, 3.8) is 0 Å². The fourth-order valence-corrected chi connectivity index (χ4v) is 9.26. The van der Waals surface area contributed by atoms with Crippen LogP contribution in [0.2, 0.25) is 0 Å². The molecule has 0 spiro atoms. The highest BCUT2D eigenvalue weighted by atomic mass is 79.9. The summed E-state index contributed by atoms with van der Waals surface area (Å²) in [5, 5.41) is 0. The van der Waals surface area contributed by atoms with Crippen molar-refractivity contribution >= 4 is 92.2 Å². The van der Waals surface area contributed by atoms with Crippen molar-refractivity contribution in [2.75, 3.05) is 51.2 Å². The van der Waals surface area contributed by atoms with Crippen LogP contribution in [0.4, 0.5) is 11.4 Å². The molecule has 0 radical (unpaired) electrons. The van der Waals surface area contributed by atoms with Crippen molar-refractivity contribution in [1.82, 2.24) is 0 Å². The van der Waals surface area contributed by atoms with E-state index in [1.54, 1.807) is 0 Å². The molecule has 1 aliphatic heterocycles. The number of carbonyl (C=O) groups is 1. The van der Waals surface area contributed by atoms with Crippen molar-refractivity contribution in [2.24, 2.45) is 0 Å². The molecule has 1 heterocycles. The average molecular weight is 980 g/mol. The molecule has 10 heteroatoms. The van der Waals surface area contributed by atoms with Gasteiger partial charge in [-0.15, -0.1) is 0 Å². The summed E-state index contributed by atoms with van der Waals surface area (Å²) in [5.41, 5.74) is 6.94. The largest absolute Gasteiger partial charge is 0.492 e. The van der Waals surface area contributed by atoms with Gasteiger partial charge >= 0.3 is 5.97 Å². The number of carbonyl (C=O) groups excluding carboxylic acids is 1. The number of anilines is 2. The van der Waals surface area contributed by atoms with Crippen molar-refractivity contribution < 1.29 is 19.0 Å². The van der Waals surface area contributed by atoms with Crippen LogP contribution in [0.3, 0.4) is 0 Å². The van der Waals surface area contributed by atoms with Crippen LogP contribution in [0.5, 0.6) is 11.5 Å². The number of fused-ring (bicyclic) bond motifs is 1. The van der Waals surface area contributed by atoms with Crippen molar-refractivity contribution in [2.45, 2.75) is 19.4 Å². The van der Waals surface area contributed by atoms with Gasteiger partial charge in [0, 0.05) is 51.6 Å². The van der Waals surface area contributed by atoms with E-state index in [2.05, 4.69) is 137 Å². The highest BCUT2D eigenvalue weighted by Crippen LogP contribution is 2.54. The first-order valence-corrected chi connectivity index (χ1v) is 20.6. The molecule has 0 amide bonds. The van der Waals surface area contributed by atoms with Gasteiger partial charge in [0.15, 0.2) is 5.60 Å². The monoisotopic (exact) mass is 976 g/mol. The lowest BCUT2D eigenvalue weighted by atomic mass is 9.83. The maximum Gasteiger partial charge on any atom is 0.341 e. The van der Waals surface area contributed by atoms with Gasteiger partial charge in [-0.1, -0.05) is 72.8 Å². The molecule has 0 bridgehead atoms. The molecule has 0 unspecified atom stereocenters. The van der Waals surface area contributed by atoms with E-state index in [1.165, 1.54) is 0 Å². The van der Waals surface area contributed by atoms with Crippen molar-refractivity contribution in [3.05, 3.63) is 160 Å². The second-order valence-corrected chi connectivity index (χ2v) is 16.2. The Morgan fingerprint density at radius 2 is 1.04 bits per heavy atom. The second kappa shape index (κ2) is 16.9. The number of ether oxygens (including phenoxy) is 3. The Bertz CT molecular complexity index is 2140. The molecular formula is C44H40Br4N2O4. The predicted molar refractivity (Wildman–Crippen MR) is 235 cm³/mol. The van der Waals surface area contributed by atoms with E-state index in [4.69, 9.17) is 14.2 Å². The topological polar surface area (TPSA) is 51.2 Å². The van der Waals surface area contributed by atoms with E-state index in [9.17, 15) is 4.79 Å². The van der Waals surface area contributed by atoms with Gasteiger partial charge in [-0.05, 0) is 147 Å². The number of cyclic esters (lactones) is 1. The standard InChI is InChI=1S/C44H40Br4N2O4/c1-7-52-35-23-29(19-21-33(35)49(3)4)31(27-15-11-9-12-16-27)25-44(38-37(43(51)54-44)39(45)41(47)42(48)40(38)46)26-32(28-17-13-10-14-18-28)30-20-22-34(50(5)6)36(24-30)53-8-2/h9-26H,7-8H2,1-6H3/b31-25+,32-26+. The number of rotatable bonds is 12. The van der Waals surface area contributed by atoms with Crippen molar-refractivity contribution in [1.29, 1.82) is 0 Å². The number of hydrogen-bond donors (Lipinski definition) is 0. The first kappa shape index (κ1) is 39.9. The number of halogens is 4. The van der Waals surface area contributed by atoms with E-state index in [1.807, 2.05) is 88.2 Å². The minimum atomic E-state index is -1.43. The molecule has 0 saturated heterocycles. The van der Waals surface area contributed by atoms with Crippen LogP contribution in [0, 0.1) is 0 Å². The zero-order chi connectivity index (χ0) is 38.7. The Morgan fingerprint density at radius 1 is 0.611 bits per heavy atom. The van der Waals surface area contributed by atoms with Crippen LogP contribution in [-0.4, -0.2) is 47.4 Å². The normalized spacial score (nSPS) is 15.5. The lowest BCUT2D eigenvalue weighted by molar-refractivity contribution is 0.0298. The lowest BCUT2D eigenvalue weighted by Crippen LogP contribution is -2.23. The van der Waals surface area contributed by atoms with Gasteiger partial charge in [0.25, 0.3) is 0 Å². The van der Waals surface area contributed by atoms with Gasteiger partial charge in [0.2, 0.25) is 0 Å². The smallest absolute Gasteiger partial charge is 0.341 e. The highest BCUT2D eigenvalue weighted by Gasteiger charge is 2.48. The molecule has 0 fully saturated rings. The van der Waals surface area contributed by atoms with E-state index >= 15 is 0 Å². The Kier molecular flexibility index (Phi) is 12.5. The molecule has 6 nitrogen and oxygen atoms in total. The van der Waals surface area contributed by atoms with Crippen LogP contribution >= 0.6 is 63.7 Å². The molecule has 0 aromatic heterocycles. The molecule has 54 heavy (non-hydrogen) atoms. The van der Waals surface area contributed by atoms with E-state index in [0.717, 1.165) is 60.7 Å². The molecule has 5 aromatic carbocycles. The Hall–Kier alpha value is -3.83. The Morgan fingerprint density at radius 3 is 1.44 bits per heavy atom. The molecule has 0 aliphatic carbocycles. The molecule has 6 rings (SSSR count). The third-order valence-corrected chi connectivity index (χ3v) is 13.9. The Labute approximate surface area is 351 Å². The van der Waals surface area contributed by atoms with Crippen LogP contribution in [0.25, 0.3) is 11.1 Å². The highest BCUT2D eigenvalue weighted by molar-refractivity contribution is 9.15. The molecule has 0 atom stereocenters. The fourth-order valence-electron chi connectivity index (χ4n) is 6.67. The van der Waals surface area contributed by atoms with Crippen LogP contribution < -0.4 is 19.3 Å². The van der Waals surface area contributed by atoms with Crippen LogP contribution in [-0.2, 0) is 10.3 Å². The molecule has 1 aliphatic rings. The Balaban J connectivity index is 1.76. The van der Waals surface area contributed by atoms with Crippen LogP contribution in [0.15, 0.2) is 127 Å². The molecular weight excluding hydrogens is 940 g/mol. The summed E-state index contributed by atoms with van der Waals surface area (Å²) in [7, 11) is 7.99. The number of hydrogen-bond acceptors (Lipinski definition) is 6. The molecule has 0 saturated carbocycles. The van der Waals surface area contributed by atoms with Gasteiger partial charge in [-0.3, -0.25) is 0 Å². The summed E-state index contributed by atoms with van der Waals surface area (Å²) in [4.78, 5) is 18.4. The molecule has 0 N–H and O–H groups in total. The predicted octanol–water partition coefficient (Wildman–Crippen LogP) is 12.3. The van der Waals surface area contributed by atoms with E-state index < -0.39 is 11.6 Å².